The maximum atomic E-state index is 13.0. The normalized spacial score (nSPS) is 19.0. The summed E-state index contributed by atoms with van der Waals surface area (Å²) in [6.45, 7) is 2.67. The van der Waals surface area contributed by atoms with Gasteiger partial charge in [0.25, 0.3) is 0 Å². The summed E-state index contributed by atoms with van der Waals surface area (Å²) in [7, 11) is -2.13. The predicted octanol–water partition coefficient (Wildman–Crippen LogP) is 2.12. The van der Waals surface area contributed by atoms with Gasteiger partial charge in [0.05, 0.1) is 7.11 Å². The highest BCUT2D eigenvalue weighted by molar-refractivity contribution is 7.89. The number of nitrogens with zero attached hydrogens (tertiary/aromatic N) is 2. The monoisotopic (exact) mass is 364 g/mol. The van der Waals surface area contributed by atoms with E-state index >= 15 is 0 Å². The fourth-order valence-electron chi connectivity index (χ4n) is 3.05. The van der Waals surface area contributed by atoms with Crippen molar-refractivity contribution >= 4 is 22.0 Å². The zero-order chi connectivity index (χ0) is 17.9. The zero-order valence-corrected chi connectivity index (χ0v) is 15.3. The average Bonchev–Trinajstić information content (AvgIpc) is 2.59. The van der Waals surface area contributed by atoms with Gasteiger partial charge in [-0.15, -0.1) is 0 Å². The first-order valence-electron chi connectivity index (χ1n) is 8.67. The first kappa shape index (κ1) is 17.9. The van der Waals surface area contributed by atoms with Crippen molar-refractivity contribution in [1.82, 2.24) is 9.21 Å². The Morgan fingerprint density at radius 1 is 1.08 bits per heavy atom. The van der Waals surface area contributed by atoms with E-state index in [0.717, 1.165) is 38.8 Å². The van der Waals surface area contributed by atoms with Gasteiger partial charge in [-0.05, 0) is 43.0 Å². The summed E-state index contributed by atoms with van der Waals surface area (Å²) in [4.78, 5) is 13.9. The van der Waals surface area contributed by atoms with Crippen LogP contribution in [-0.2, 0) is 14.8 Å². The third kappa shape index (κ3) is 3.88. The van der Waals surface area contributed by atoms with Crippen molar-refractivity contribution in [2.75, 3.05) is 33.3 Å². The Bertz CT molecular complexity index is 763. The highest BCUT2D eigenvalue weighted by Crippen LogP contribution is 2.30. The van der Waals surface area contributed by atoms with E-state index in [-0.39, 0.29) is 10.8 Å². The van der Waals surface area contributed by atoms with Gasteiger partial charge in [0.1, 0.15) is 10.6 Å². The quantitative estimate of drug-likeness (QED) is 0.751. The number of hydrogen-bond donors (Lipinski definition) is 0. The fourth-order valence-corrected chi connectivity index (χ4v) is 4.76. The lowest BCUT2D eigenvalue weighted by Crippen LogP contribution is -2.40. The Labute approximate surface area is 149 Å². The van der Waals surface area contributed by atoms with Gasteiger partial charge in [-0.1, -0.05) is 12.5 Å². The van der Waals surface area contributed by atoms with Crippen LogP contribution in [0.15, 0.2) is 29.2 Å². The molecule has 0 radical (unpaired) electrons. The van der Waals surface area contributed by atoms with Crippen molar-refractivity contribution in [2.45, 2.75) is 30.6 Å². The SMILES string of the molecule is COc1ccc(C=CC(=O)N2CCC2)cc1S(=O)(=O)N1CCCCC1. The fraction of sp³-hybridized carbons (Fsp3) is 0.500. The molecule has 2 heterocycles. The minimum atomic E-state index is -3.60. The summed E-state index contributed by atoms with van der Waals surface area (Å²) in [6.07, 6.45) is 7.02. The number of carbonyl (C=O) groups is 1. The molecule has 6 nitrogen and oxygen atoms in total. The van der Waals surface area contributed by atoms with Crippen molar-refractivity contribution in [3.8, 4) is 5.75 Å². The number of hydrogen-bond acceptors (Lipinski definition) is 4. The van der Waals surface area contributed by atoms with Crippen LogP contribution in [0.4, 0.5) is 0 Å². The van der Waals surface area contributed by atoms with Gasteiger partial charge in [-0.2, -0.15) is 4.31 Å². The molecule has 0 bridgehead atoms. The summed E-state index contributed by atoms with van der Waals surface area (Å²) in [5.41, 5.74) is 0.672. The standard InChI is InChI=1S/C18H24N2O4S/c1-24-16-8-6-15(7-9-18(21)19-10-5-11-19)14-17(16)25(22,23)20-12-3-2-4-13-20/h6-9,14H,2-5,10-13H2,1H3. The van der Waals surface area contributed by atoms with E-state index < -0.39 is 10.0 Å². The third-order valence-corrected chi connectivity index (χ3v) is 6.63. The lowest BCUT2D eigenvalue weighted by Gasteiger charge is -2.29. The maximum absolute atomic E-state index is 13.0. The van der Waals surface area contributed by atoms with Crippen LogP contribution in [0.2, 0.25) is 0 Å². The van der Waals surface area contributed by atoms with E-state index in [1.54, 1.807) is 29.2 Å². The van der Waals surface area contributed by atoms with E-state index in [1.807, 2.05) is 0 Å². The maximum Gasteiger partial charge on any atom is 0.246 e. The molecule has 1 amide bonds. The van der Waals surface area contributed by atoms with Crippen molar-refractivity contribution in [3.63, 3.8) is 0 Å². The van der Waals surface area contributed by atoms with Crippen molar-refractivity contribution in [2.24, 2.45) is 0 Å². The number of rotatable bonds is 5. The van der Waals surface area contributed by atoms with Gasteiger partial charge in [-0.25, -0.2) is 8.42 Å². The van der Waals surface area contributed by atoms with E-state index in [4.69, 9.17) is 4.74 Å². The second kappa shape index (κ2) is 7.58. The second-order valence-corrected chi connectivity index (χ2v) is 8.29. The molecule has 0 atom stereocenters. The molecular weight excluding hydrogens is 340 g/mol. The van der Waals surface area contributed by atoms with Crippen molar-refractivity contribution < 1.29 is 17.9 Å². The third-order valence-electron chi connectivity index (χ3n) is 4.71. The van der Waals surface area contributed by atoms with Crippen LogP contribution >= 0.6 is 0 Å². The van der Waals surface area contributed by atoms with Crippen molar-refractivity contribution in [1.29, 1.82) is 0 Å². The molecule has 2 aliphatic rings. The number of likely N-dealkylation sites (tertiary alicyclic amines) is 1. The molecule has 2 saturated heterocycles. The molecular formula is C18H24N2O4S. The molecule has 0 N–H and O–H groups in total. The summed E-state index contributed by atoms with van der Waals surface area (Å²) < 4.78 is 32.7. The molecule has 1 aromatic rings. The van der Waals surface area contributed by atoms with Gasteiger partial charge in [0.15, 0.2) is 0 Å². The number of amides is 1. The van der Waals surface area contributed by atoms with Gasteiger partial charge >= 0.3 is 0 Å². The van der Waals surface area contributed by atoms with Gasteiger partial charge in [0.2, 0.25) is 15.9 Å². The Morgan fingerprint density at radius 3 is 2.40 bits per heavy atom. The number of ether oxygens (including phenoxy) is 1. The number of piperidine rings is 1. The largest absolute Gasteiger partial charge is 0.495 e. The predicted molar refractivity (Wildman–Crippen MR) is 95.8 cm³/mol. The van der Waals surface area contributed by atoms with Gasteiger partial charge < -0.3 is 9.64 Å². The number of carbonyl (C=O) groups excluding carboxylic acids is 1. The lowest BCUT2D eigenvalue weighted by molar-refractivity contribution is -0.129. The summed E-state index contributed by atoms with van der Waals surface area (Å²) in [6, 6.07) is 4.99. The highest BCUT2D eigenvalue weighted by atomic mass is 32.2. The molecule has 2 fully saturated rings. The summed E-state index contributed by atoms with van der Waals surface area (Å²) in [5.74, 6) is 0.291. The van der Waals surface area contributed by atoms with E-state index in [9.17, 15) is 13.2 Å². The highest BCUT2D eigenvalue weighted by Gasteiger charge is 2.29. The number of sulfonamides is 1. The van der Waals surface area contributed by atoms with Crippen LogP contribution in [0.3, 0.4) is 0 Å². The van der Waals surface area contributed by atoms with E-state index in [2.05, 4.69) is 0 Å². The molecule has 3 rings (SSSR count). The van der Waals surface area contributed by atoms with Crippen LogP contribution in [0.5, 0.6) is 5.75 Å². The number of methoxy groups -OCH3 is 1. The topological polar surface area (TPSA) is 66.9 Å². The van der Waals surface area contributed by atoms with Crippen molar-refractivity contribution in [3.05, 3.63) is 29.8 Å². The van der Waals surface area contributed by atoms with Crippen LogP contribution < -0.4 is 4.74 Å². The first-order chi connectivity index (χ1) is 12.0. The summed E-state index contributed by atoms with van der Waals surface area (Å²) >= 11 is 0. The molecule has 136 valence electrons. The smallest absolute Gasteiger partial charge is 0.246 e. The molecule has 7 heteroatoms. The van der Waals surface area contributed by atoms with E-state index in [1.165, 1.54) is 17.5 Å². The molecule has 0 unspecified atom stereocenters. The van der Waals surface area contributed by atoms with Gasteiger partial charge in [0, 0.05) is 32.3 Å². The average molecular weight is 364 g/mol. The van der Waals surface area contributed by atoms with E-state index in [0.29, 0.717) is 24.4 Å². The zero-order valence-electron chi connectivity index (χ0n) is 14.5. The molecule has 1 aromatic carbocycles. The van der Waals surface area contributed by atoms with Crippen LogP contribution in [0, 0.1) is 0 Å². The molecule has 25 heavy (non-hydrogen) atoms. The Balaban J connectivity index is 1.86. The minimum absolute atomic E-state index is 0.0393. The minimum Gasteiger partial charge on any atom is -0.495 e. The first-order valence-corrected chi connectivity index (χ1v) is 10.1. The molecule has 2 aliphatic heterocycles. The number of benzene rings is 1. The second-order valence-electron chi connectivity index (χ2n) is 6.39. The molecule has 0 saturated carbocycles. The molecule has 0 aromatic heterocycles. The lowest BCUT2D eigenvalue weighted by atomic mass is 10.1. The molecule has 0 aliphatic carbocycles. The van der Waals surface area contributed by atoms with Crippen LogP contribution in [-0.4, -0.2) is 56.8 Å². The Kier molecular flexibility index (Phi) is 5.44. The Hall–Kier alpha value is -1.86. The van der Waals surface area contributed by atoms with Crippen LogP contribution in [0.1, 0.15) is 31.2 Å². The van der Waals surface area contributed by atoms with Crippen LogP contribution in [0.25, 0.3) is 6.08 Å². The Morgan fingerprint density at radius 2 is 1.80 bits per heavy atom. The van der Waals surface area contributed by atoms with Gasteiger partial charge in [-0.3, -0.25) is 4.79 Å². The summed E-state index contributed by atoms with van der Waals surface area (Å²) in [5, 5.41) is 0. The molecule has 0 spiro atoms.